The minimum Gasteiger partial charge on any atom is -1.00 e. The average molecular weight is 716 g/mol. The van der Waals surface area contributed by atoms with Gasteiger partial charge in [-0.15, -0.1) is 24.0 Å². The third kappa shape index (κ3) is 10.3. The lowest BCUT2D eigenvalue weighted by atomic mass is 9.81. The summed E-state index contributed by atoms with van der Waals surface area (Å²) in [5.74, 6) is -1.59. The first-order valence-corrected chi connectivity index (χ1v) is 11.5. The van der Waals surface area contributed by atoms with Crippen molar-refractivity contribution in [3.8, 4) is 0 Å². The van der Waals surface area contributed by atoms with Gasteiger partial charge in [-0.05, 0) is 32.8 Å². The number of esters is 2. The van der Waals surface area contributed by atoms with Gasteiger partial charge in [0.15, 0.2) is 12.4 Å². The number of nitrogens with one attached hydrogen (secondary N) is 1. The van der Waals surface area contributed by atoms with Gasteiger partial charge in [0, 0.05) is 36.2 Å². The number of dihydropyridines is 1. The zero-order chi connectivity index (χ0) is 24.2. The molecule has 1 aliphatic heterocycles. The van der Waals surface area contributed by atoms with Crippen LogP contribution < -0.4 is 33.9 Å². The van der Waals surface area contributed by atoms with E-state index in [1.165, 1.54) is 0 Å². The van der Waals surface area contributed by atoms with Crippen LogP contribution >= 0.6 is 24.0 Å². The molecule has 0 radical (unpaired) electrons. The van der Waals surface area contributed by atoms with Crippen LogP contribution in [0.25, 0.3) is 0 Å². The van der Waals surface area contributed by atoms with E-state index in [4.69, 9.17) is 18.9 Å². The zero-order valence-corrected chi connectivity index (χ0v) is 25.7. The summed E-state index contributed by atoms with van der Waals surface area (Å²) in [6.07, 6.45) is 5.58. The van der Waals surface area contributed by atoms with Crippen molar-refractivity contribution in [1.82, 2.24) is 5.32 Å². The van der Waals surface area contributed by atoms with E-state index < -0.39 is 17.9 Å². The molecule has 1 N–H and O–H groups in total. The number of nitrogens with zero attached hydrogens (tertiary/aromatic N) is 1. The fourth-order valence-electron chi connectivity index (χ4n) is 3.69. The van der Waals surface area contributed by atoms with Gasteiger partial charge in [0.25, 0.3) is 0 Å². The van der Waals surface area contributed by atoms with Crippen molar-refractivity contribution in [1.29, 1.82) is 0 Å². The van der Waals surface area contributed by atoms with E-state index in [0.29, 0.717) is 49.0 Å². The van der Waals surface area contributed by atoms with Crippen LogP contribution in [0.2, 0.25) is 0 Å². The lowest BCUT2D eigenvalue weighted by Crippen LogP contribution is -3.00. The smallest absolute Gasteiger partial charge is 0.336 e. The summed E-state index contributed by atoms with van der Waals surface area (Å²) in [5.41, 5.74) is 2.86. The molecular weight excluding hydrogens is 678 g/mol. The fraction of sp³-hybridized carbons (Fsp3) is 0.560. The first-order chi connectivity index (χ1) is 15.9. The first-order valence-electron chi connectivity index (χ1n) is 11.5. The van der Waals surface area contributed by atoms with Gasteiger partial charge < -0.3 is 48.2 Å². The molecule has 1 aromatic rings. The number of carbonyl (C=O) groups is 2. The summed E-state index contributed by atoms with van der Waals surface area (Å²) in [7, 11) is 1.89. The second-order valence-corrected chi connectivity index (χ2v) is 7.93. The molecule has 0 atom stereocenters. The maximum Gasteiger partial charge on any atom is 0.336 e. The Morgan fingerprint density at radius 1 is 0.886 bits per heavy atom. The molecule has 0 unspecified atom stereocenters. The van der Waals surface area contributed by atoms with Crippen molar-refractivity contribution in [2.45, 2.75) is 46.5 Å². The van der Waals surface area contributed by atoms with E-state index in [1.54, 1.807) is 0 Å². The summed E-state index contributed by atoms with van der Waals surface area (Å²) in [4.78, 5) is 26.3. The molecule has 0 amide bonds. The van der Waals surface area contributed by atoms with Crippen LogP contribution in [0, 0.1) is 0 Å². The van der Waals surface area contributed by atoms with Crippen molar-refractivity contribution in [3.05, 3.63) is 52.6 Å². The summed E-state index contributed by atoms with van der Waals surface area (Å²) in [5, 5.41) is 3.17. The quantitative estimate of drug-likeness (QED) is 0.136. The van der Waals surface area contributed by atoms with Crippen molar-refractivity contribution in [2.24, 2.45) is 7.05 Å². The normalized spacial score (nSPS) is 13.5. The third-order valence-corrected chi connectivity index (χ3v) is 5.11. The van der Waals surface area contributed by atoms with Crippen molar-refractivity contribution >= 4 is 35.9 Å². The molecule has 2 rings (SSSR count). The molecule has 2 heterocycles. The van der Waals surface area contributed by atoms with Gasteiger partial charge in [-0.25, -0.2) is 14.2 Å². The SMILES string of the molecule is CCCOCCOC(=O)C1=C(C)NC(C)=C(C(=O)OCCOCCC)C1c1ccc[n+](C)c1.I.[I-]. The highest BCUT2D eigenvalue weighted by Gasteiger charge is 2.39. The standard InChI is InChI=1S/C25H36N2O6.2HI/c1-6-11-30-13-15-32-24(28)21-18(3)26-19(4)22(25(29)33-16-14-31-12-7-2)23(21)20-9-8-10-27(5)17-20;;/h8-10,17,23H,6-7,11-16H2,1-5H3;2*1H. The summed E-state index contributed by atoms with van der Waals surface area (Å²) >= 11 is 0. The molecular formula is C25H38I2N2O6. The monoisotopic (exact) mass is 716 g/mol. The van der Waals surface area contributed by atoms with Crippen LogP contribution in [0.15, 0.2) is 47.1 Å². The van der Waals surface area contributed by atoms with Crippen LogP contribution in [0.3, 0.4) is 0 Å². The molecule has 0 bridgehead atoms. The Kier molecular flexibility index (Phi) is 17.4. The molecule has 0 fully saturated rings. The highest BCUT2D eigenvalue weighted by atomic mass is 127. The van der Waals surface area contributed by atoms with Crippen LogP contribution in [0.4, 0.5) is 0 Å². The van der Waals surface area contributed by atoms with Crippen molar-refractivity contribution < 1.29 is 57.1 Å². The van der Waals surface area contributed by atoms with Crippen LogP contribution in [-0.4, -0.2) is 51.6 Å². The maximum atomic E-state index is 13.1. The number of aromatic nitrogens is 1. The van der Waals surface area contributed by atoms with Gasteiger partial charge in [-0.3, -0.25) is 0 Å². The number of carbonyl (C=O) groups excluding carboxylic acids is 2. The third-order valence-electron chi connectivity index (χ3n) is 5.11. The average Bonchev–Trinajstić information content (AvgIpc) is 2.78. The topological polar surface area (TPSA) is 87.0 Å². The Bertz CT molecular complexity index is 840. The molecule has 0 saturated heterocycles. The Labute approximate surface area is 242 Å². The van der Waals surface area contributed by atoms with Crippen molar-refractivity contribution in [3.63, 3.8) is 0 Å². The molecule has 0 aromatic carbocycles. The molecule has 10 heteroatoms. The second kappa shape index (κ2) is 18.1. The maximum absolute atomic E-state index is 13.1. The van der Waals surface area contributed by atoms with E-state index in [1.807, 2.05) is 63.8 Å². The predicted molar refractivity (Wildman–Crippen MR) is 138 cm³/mol. The van der Waals surface area contributed by atoms with Gasteiger partial charge in [-0.2, -0.15) is 0 Å². The highest BCUT2D eigenvalue weighted by molar-refractivity contribution is 14.0. The molecule has 8 nitrogen and oxygen atoms in total. The number of hydrogen-bond donors (Lipinski definition) is 1. The Morgan fingerprint density at radius 2 is 1.37 bits per heavy atom. The number of allylic oxidation sites excluding steroid dienone is 2. The number of halogens is 2. The van der Waals surface area contributed by atoms with Gasteiger partial charge >= 0.3 is 11.9 Å². The van der Waals surface area contributed by atoms with Crippen molar-refractivity contribution in [2.75, 3.05) is 39.6 Å². The van der Waals surface area contributed by atoms with E-state index >= 15 is 0 Å². The minimum atomic E-state index is -0.619. The summed E-state index contributed by atoms with van der Waals surface area (Å²) in [6.45, 7) is 9.82. The largest absolute Gasteiger partial charge is 1.00 e. The van der Waals surface area contributed by atoms with Gasteiger partial charge in [0.05, 0.1) is 30.3 Å². The Balaban J connectivity index is 0.00000578. The van der Waals surface area contributed by atoms with E-state index in [2.05, 4.69) is 5.32 Å². The lowest BCUT2D eigenvalue weighted by Gasteiger charge is -2.29. The fourth-order valence-corrected chi connectivity index (χ4v) is 3.69. The molecule has 35 heavy (non-hydrogen) atoms. The van der Waals surface area contributed by atoms with Gasteiger partial charge in [0.1, 0.15) is 20.3 Å². The summed E-state index contributed by atoms with van der Waals surface area (Å²) < 4.78 is 23.7. The highest BCUT2D eigenvalue weighted by Crippen LogP contribution is 2.38. The first kappa shape index (κ1) is 33.8. The molecule has 0 saturated carbocycles. The number of ether oxygens (including phenoxy) is 4. The van der Waals surface area contributed by atoms with Crippen LogP contribution in [-0.2, 0) is 35.6 Å². The molecule has 1 aliphatic rings. The van der Waals surface area contributed by atoms with E-state index in [0.717, 1.165) is 18.4 Å². The Morgan fingerprint density at radius 3 is 1.80 bits per heavy atom. The molecule has 1 aromatic heterocycles. The van der Waals surface area contributed by atoms with Crippen LogP contribution in [0.5, 0.6) is 0 Å². The predicted octanol–water partition coefficient (Wildman–Crippen LogP) is 0.308. The number of pyridine rings is 1. The second-order valence-electron chi connectivity index (χ2n) is 7.93. The number of aryl methyl sites for hydroxylation is 1. The molecule has 198 valence electrons. The van der Waals surface area contributed by atoms with Gasteiger partial charge in [-0.1, -0.05) is 13.8 Å². The number of rotatable bonds is 13. The molecule has 0 aliphatic carbocycles. The zero-order valence-electron chi connectivity index (χ0n) is 21.2. The van der Waals surface area contributed by atoms with Crippen LogP contribution in [0.1, 0.15) is 52.0 Å². The Hall–Kier alpha value is -1.25. The van der Waals surface area contributed by atoms with Gasteiger partial charge in [0.2, 0.25) is 0 Å². The van der Waals surface area contributed by atoms with E-state index in [-0.39, 0.29) is 61.2 Å². The minimum absolute atomic E-state index is 0. The van der Waals surface area contributed by atoms with E-state index in [9.17, 15) is 9.59 Å². The molecule has 0 spiro atoms. The lowest BCUT2D eigenvalue weighted by molar-refractivity contribution is -0.671. The summed E-state index contributed by atoms with van der Waals surface area (Å²) in [6, 6.07) is 3.77. The number of hydrogen-bond acceptors (Lipinski definition) is 7.